The van der Waals surface area contributed by atoms with E-state index in [4.69, 9.17) is 4.74 Å². The molecular formula is C12H21NO. The first-order valence-corrected chi connectivity index (χ1v) is 6.17. The molecule has 4 fully saturated rings. The number of hydrogen-bond acceptors (Lipinski definition) is 2. The van der Waals surface area contributed by atoms with Crippen molar-refractivity contribution < 1.29 is 4.74 Å². The van der Waals surface area contributed by atoms with Gasteiger partial charge in [-0.25, -0.2) is 0 Å². The van der Waals surface area contributed by atoms with Gasteiger partial charge in [0.25, 0.3) is 0 Å². The Balaban J connectivity index is 1.81. The van der Waals surface area contributed by atoms with E-state index in [2.05, 4.69) is 12.2 Å². The molecule has 1 heterocycles. The molecule has 1 spiro atoms. The average Bonchev–Trinajstić information content (AvgIpc) is 2.18. The molecule has 4 rings (SSSR count). The molecule has 0 aromatic carbocycles. The van der Waals surface area contributed by atoms with Crippen LogP contribution in [0.3, 0.4) is 0 Å². The summed E-state index contributed by atoms with van der Waals surface area (Å²) in [5.41, 5.74) is 0.235. The zero-order chi connectivity index (χ0) is 9.60. The molecule has 80 valence electrons. The van der Waals surface area contributed by atoms with Gasteiger partial charge in [0.2, 0.25) is 0 Å². The van der Waals surface area contributed by atoms with Crippen LogP contribution in [0.4, 0.5) is 0 Å². The highest BCUT2D eigenvalue weighted by Gasteiger charge is 2.49. The zero-order valence-corrected chi connectivity index (χ0v) is 9.09. The van der Waals surface area contributed by atoms with Gasteiger partial charge in [-0.2, -0.15) is 0 Å². The number of fused-ring (bicyclic) bond motifs is 2. The Bertz CT molecular complexity index is 218. The van der Waals surface area contributed by atoms with Crippen molar-refractivity contribution in [2.45, 2.75) is 50.7 Å². The summed E-state index contributed by atoms with van der Waals surface area (Å²) >= 11 is 0. The predicted octanol–water partition coefficient (Wildman–Crippen LogP) is 1.94. The molecule has 3 aliphatic carbocycles. The molecule has 3 saturated carbocycles. The Morgan fingerprint density at radius 3 is 2.57 bits per heavy atom. The molecule has 0 amide bonds. The normalized spacial score (nSPS) is 52.5. The van der Waals surface area contributed by atoms with Crippen molar-refractivity contribution in [2.24, 2.45) is 11.8 Å². The van der Waals surface area contributed by atoms with E-state index in [1.54, 1.807) is 0 Å². The highest BCUT2D eigenvalue weighted by Crippen LogP contribution is 2.50. The third-order valence-electron chi connectivity index (χ3n) is 4.52. The smallest absolute Gasteiger partial charge is 0.0841 e. The highest BCUT2D eigenvalue weighted by atomic mass is 16.5. The van der Waals surface area contributed by atoms with Crippen LogP contribution in [0.1, 0.15) is 39.0 Å². The number of hydrogen-bond donors (Lipinski definition) is 1. The van der Waals surface area contributed by atoms with Gasteiger partial charge in [0.05, 0.1) is 11.7 Å². The minimum atomic E-state index is 0.235. The molecule has 14 heavy (non-hydrogen) atoms. The zero-order valence-electron chi connectivity index (χ0n) is 9.09. The molecule has 0 aromatic heterocycles. The molecule has 1 N–H and O–H groups in total. The summed E-state index contributed by atoms with van der Waals surface area (Å²) in [6, 6.07) is 0. The van der Waals surface area contributed by atoms with E-state index < -0.39 is 0 Å². The van der Waals surface area contributed by atoms with Crippen molar-refractivity contribution in [3.8, 4) is 0 Å². The first kappa shape index (κ1) is 9.17. The maximum Gasteiger partial charge on any atom is 0.0841 e. The number of rotatable bonds is 0. The molecule has 2 bridgehead atoms. The summed E-state index contributed by atoms with van der Waals surface area (Å²) in [6.07, 6.45) is 7.50. The van der Waals surface area contributed by atoms with E-state index in [9.17, 15) is 0 Å². The van der Waals surface area contributed by atoms with Crippen LogP contribution in [-0.4, -0.2) is 24.8 Å². The van der Waals surface area contributed by atoms with E-state index in [0.717, 1.165) is 24.9 Å². The molecule has 2 heteroatoms. The van der Waals surface area contributed by atoms with E-state index in [1.165, 1.54) is 32.1 Å². The molecule has 1 aliphatic heterocycles. The molecule has 2 atom stereocenters. The van der Waals surface area contributed by atoms with Gasteiger partial charge in [-0.05, 0) is 50.9 Å². The fourth-order valence-electron chi connectivity index (χ4n) is 3.88. The number of nitrogens with one attached hydrogen (secondary N) is 1. The second-order valence-corrected chi connectivity index (χ2v) is 5.55. The minimum Gasteiger partial charge on any atom is -0.369 e. The standard InChI is InChI=1S/C12H21NO/c1-9-7-13-8-12(14-9)6-10-2-4-11(12)5-3-10/h9-11,13H,2-8H2,1H3. The second-order valence-electron chi connectivity index (χ2n) is 5.55. The van der Waals surface area contributed by atoms with Gasteiger partial charge in [0.1, 0.15) is 0 Å². The van der Waals surface area contributed by atoms with Gasteiger partial charge in [-0.1, -0.05) is 0 Å². The molecular weight excluding hydrogens is 174 g/mol. The van der Waals surface area contributed by atoms with Crippen molar-refractivity contribution in [1.82, 2.24) is 5.32 Å². The lowest BCUT2D eigenvalue weighted by molar-refractivity contribution is -0.184. The topological polar surface area (TPSA) is 21.3 Å². The highest BCUT2D eigenvalue weighted by molar-refractivity contribution is 5.02. The summed E-state index contributed by atoms with van der Waals surface area (Å²) in [5, 5.41) is 3.55. The summed E-state index contributed by atoms with van der Waals surface area (Å²) in [7, 11) is 0. The summed E-state index contributed by atoms with van der Waals surface area (Å²) < 4.78 is 6.29. The van der Waals surface area contributed by atoms with E-state index in [1.807, 2.05) is 0 Å². The van der Waals surface area contributed by atoms with Crippen LogP contribution in [0.25, 0.3) is 0 Å². The van der Waals surface area contributed by atoms with Gasteiger partial charge in [-0.15, -0.1) is 0 Å². The maximum absolute atomic E-state index is 6.29. The first-order valence-electron chi connectivity index (χ1n) is 6.17. The van der Waals surface area contributed by atoms with Gasteiger partial charge in [0, 0.05) is 13.1 Å². The second kappa shape index (κ2) is 3.21. The van der Waals surface area contributed by atoms with Gasteiger partial charge in [0.15, 0.2) is 0 Å². The Labute approximate surface area is 86.4 Å². The molecule has 2 unspecified atom stereocenters. The van der Waals surface area contributed by atoms with Crippen LogP contribution in [0, 0.1) is 11.8 Å². The van der Waals surface area contributed by atoms with Gasteiger partial charge in [-0.3, -0.25) is 0 Å². The fraction of sp³-hybridized carbons (Fsp3) is 1.00. The third-order valence-corrected chi connectivity index (χ3v) is 4.52. The molecule has 0 aromatic rings. The van der Waals surface area contributed by atoms with Crippen LogP contribution in [0.15, 0.2) is 0 Å². The summed E-state index contributed by atoms with van der Waals surface area (Å²) in [5.74, 6) is 1.81. The van der Waals surface area contributed by atoms with Crippen LogP contribution in [0.5, 0.6) is 0 Å². The van der Waals surface area contributed by atoms with Crippen molar-refractivity contribution in [3.63, 3.8) is 0 Å². The maximum atomic E-state index is 6.29. The predicted molar refractivity (Wildman–Crippen MR) is 56.2 cm³/mol. The quantitative estimate of drug-likeness (QED) is 0.638. The Morgan fingerprint density at radius 2 is 2.00 bits per heavy atom. The van der Waals surface area contributed by atoms with Crippen LogP contribution >= 0.6 is 0 Å². The van der Waals surface area contributed by atoms with Crippen molar-refractivity contribution >= 4 is 0 Å². The lowest BCUT2D eigenvalue weighted by Gasteiger charge is -2.54. The van der Waals surface area contributed by atoms with Crippen molar-refractivity contribution in [1.29, 1.82) is 0 Å². The molecule has 0 radical (unpaired) electrons. The van der Waals surface area contributed by atoms with Crippen LogP contribution < -0.4 is 5.32 Å². The Morgan fingerprint density at radius 1 is 1.21 bits per heavy atom. The number of ether oxygens (including phenoxy) is 1. The third kappa shape index (κ3) is 1.31. The molecule has 1 saturated heterocycles. The monoisotopic (exact) mass is 195 g/mol. The van der Waals surface area contributed by atoms with Crippen LogP contribution in [0.2, 0.25) is 0 Å². The van der Waals surface area contributed by atoms with E-state index in [0.29, 0.717) is 6.10 Å². The molecule has 2 nitrogen and oxygen atoms in total. The SMILES string of the molecule is CC1CNCC2(CC3CCC2CC3)O1. The fourth-order valence-corrected chi connectivity index (χ4v) is 3.88. The minimum absolute atomic E-state index is 0.235. The van der Waals surface area contributed by atoms with E-state index in [-0.39, 0.29) is 5.60 Å². The van der Waals surface area contributed by atoms with Crippen molar-refractivity contribution in [3.05, 3.63) is 0 Å². The number of morpholine rings is 1. The van der Waals surface area contributed by atoms with E-state index >= 15 is 0 Å². The van der Waals surface area contributed by atoms with Gasteiger partial charge >= 0.3 is 0 Å². The first-order chi connectivity index (χ1) is 6.78. The van der Waals surface area contributed by atoms with Gasteiger partial charge < -0.3 is 10.1 Å². The Hall–Kier alpha value is -0.0800. The molecule has 4 aliphatic rings. The Kier molecular flexibility index (Phi) is 2.10. The largest absolute Gasteiger partial charge is 0.369 e. The van der Waals surface area contributed by atoms with Crippen molar-refractivity contribution in [2.75, 3.05) is 13.1 Å². The van der Waals surface area contributed by atoms with Crippen LogP contribution in [-0.2, 0) is 4.74 Å². The lowest BCUT2D eigenvalue weighted by atomic mass is 9.61. The summed E-state index contributed by atoms with van der Waals surface area (Å²) in [6.45, 7) is 4.35. The summed E-state index contributed by atoms with van der Waals surface area (Å²) in [4.78, 5) is 0. The lowest BCUT2D eigenvalue weighted by Crippen LogP contribution is -2.61. The average molecular weight is 195 g/mol.